The van der Waals surface area contributed by atoms with E-state index in [0.717, 1.165) is 11.1 Å². The molecule has 102 valence electrons. The van der Waals surface area contributed by atoms with Gasteiger partial charge >= 0.3 is 0 Å². The molecule has 4 heteroatoms. The van der Waals surface area contributed by atoms with Gasteiger partial charge in [-0.15, -0.1) is 0 Å². The van der Waals surface area contributed by atoms with Gasteiger partial charge in [-0.3, -0.25) is 4.79 Å². The molecule has 0 unspecified atom stereocenters. The summed E-state index contributed by atoms with van der Waals surface area (Å²) in [7, 11) is 0. The Morgan fingerprint density at radius 3 is 2.55 bits per heavy atom. The molecule has 3 nitrogen and oxygen atoms in total. The zero-order valence-electron chi connectivity index (χ0n) is 10.9. The molecule has 0 aliphatic carbocycles. The number of hydrogen-bond donors (Lipinski definition) is 2. The van der Waals surface area contributed by atoms with Gasteiger partial charge in [0.25, 0.3) is 0 Å². The molecule has 1 amide bonds. The number of rotatable bonds is 3. The lowest BCUT2D eigenvalue weighted by molar-refractivity contribution is -0.111. The second-order valence-electron chi connectivity index (χ2n) is 4.38. The van der Waals surface area contributed by atoms with Gasteiger partial charge in [0.15, 0.2) is 0 Å². The van der Waals surface area contributed by atoms with Crippen LogP contribution in [0.5, 0.6) is 5.75 Å². The molecule has 0 saturated carbocycles. The van der Waals surface area contributed by atoms with E-state index in [-0.39, 0.29) is 11.7 Å². The number of carbonyl (C=O) groups is 1. The number of phenolic OH excluding ortho intramolecular Hbond substituents is 1. The molecule has 0 aliphatic heterocycles. The fourth-order valence-electron chi connectivity index (χ4n) is 1.62. The Kier molecular flexibility index (Phi) is 4.43. The third kappa shape index (κ3) is 3.87. The maximum Gasteiger partial charge on any atom is 0.248 e. The van der Waals surface area contributed by atoms with Gasteiger partial charge in [-0.05, 0) is 42.3 Å². The molecule has 0 aliphatic rings. The van der Waals surface area contributed by atoms with Gasteiger partial charge in [0.2, 0.25) is 5.91 Å². The number of halogens is 1. The van der Waals surface area contributed by atoms with Crippen LogP contribution in [0, 0.1) is 6.92 Å². The van der Waals surface area contributed by atoms with E-state index in [1.807, 2.05) is 12.1 Å². The van der Waals surface area contributed by atoms with E-state index in [0.29, 0.717) is 10.7 Å². The minimum atomic E-state index is -0.261. The van der Waals surface area contributed by atoms with E-state index in [1.165, 1.54) is 12.1 Å². The Balaban J connectivity index is 2.01. The number of hydrogen-bond acceptors (Lipinski definition) is 2. The summed E-state index contributed by atoms with van der Waals surface area (Å²) >= 11 is 5.78. The third-order valence-corrected chi connectivity index (χ3v) is 3.03. The van der Waals surface area contributed by atoms with Crippen molar-refractivity contribution in [3.05, 3.63) is 64.7 Å². The van der Waals surface area contributed by atoms with Crippen molar-refractivity contribution in [2.75, 3.05) is 5.32 Å². The molecule has 0 aromatic heterocycles. The minimum absolute atomic E-state index is 0.157. The third-order valence-electron chi connectivity index (χ3n) is 2.77. The monoisotopic (exact) mass is 287 g/mol. The van der Waals surface area contributed by atoms with Crippen molar-refractivity contribution in [1.29, 1.82) is 0 Å². The lowest BCUT2D eigenvalue weighted by atomic mass is 10.2. The standard InChI is InChI=1S/C16H14ClNO2/c1-11-2-8-14(10-15(11)19)18-16(20)9-5-12-3-6-13(17)7-4-12/h2-10,19H,1H3,(H,18,20). The normalized spacial score (nSPS) is 10.7. The lowest BCUT2D eigenvalue weighted by Crippen LogP contribution is -2.07. The molecular formula is C16H14ClNO2. The van der Waals surface area contributed by atoms with Crippen LogP contribution < -0.4 is 5.32 Å². The molecule has 0 fully saturated rings. The maximum absolute atomic E-state index is 11.7. The number of nitrogens with one attached hydrogen (secondary N) is 1. The van der Waals surface area contributed by atoms with Gasteiger partial charge in [0.05, 0.1) is 0 Å². The lowest BCUT2D eigenvalue weighted by Gasteiger charge is -2.04. The first-order valence-electron chi connectivity index (χ1n) is 6.09. The Morgan fingerprint density at radius 2 is 1.90 bits per heavy atom. The van der Waals surface area contributed by atoms with Crippen LogP contribution in [-0.4, -0.2) is 11.0 Å². The predicted molar refractivity (Wildman–Crippen MR) is 82.0 cm³/mol. The molecule has 2 rings (SSSR count). The highest BCUT2D eigenvalue weighted by Gasteiger charge is 2.01. The molecule has 2 aromatic rings. The van der Waals surface area contributed by atoms with Gasteiger partial charge in [-0.2, -0.15) is 0 Å². The molecule has 20 heavy (non-hydrogen) atoms. The summed E-state index contributed by atoms with van der Waals surface area (Å²) in [5.74, 6) is -0.104. The smallest absolute Gasteiger partial charge is 0.248 e. The van der Waals surface area contributed by atoms with Crippen LogP contribution in [-0.2, 0) is 4.79 Å². The molecular weight excluding hydrogens is 274 g/mol. The fraction of sp³-hybridized carbons (Fsp3) is 0.0625. The molecule has 0 atom stereocenters. The quantitative estimate of drug-likeness (QED) is 0.838. The Labute approximate surface area is 122 Å². The number of aromatic hydroxyl groups is 1. The Hall–Kier alpha value is -2.26. The van der Waals surface area contributed by atoms with Crippen LogP contribution in [0.25, 0.3) is 6.08 Å². The highest BCUT2D eigenvalue weighted by molar-refractivity contribution is 6.30. The van der Waals surface area contributed by atoms with Gasteiger partial charge in [-0.1, -0.05) is 29.8 Å². The summed E-state index contributed by atoms with van der Waals surface area (Å²) in [5.41, 5.74) is 2.20. The Bertz CT molecular complexity index is 648. The zero-order chi connectivity index (χ0) is 14.5. The highest BCUT2D eigenvalue weighted by Crippen LogP contribution is 2.20. The summed E-state index contributed by atoms with van der Waals surface area (Å²) in [6.07, 6.45) is 3.12. The van der Waals surface area contributed by atoms with Gasteiger partial charge in [0.1, 0.15) is 5.75 Å². The summed E-state index contributed by atoms with van der Waals surface area (Å²) in [4.78, 5) is 11.7. The van der Waals surface area contributed by atoms with E-state index in [1.54, 1.807) is 37.3 Å². The first-order chi connectivity index (χ1) is 9.54. The number of aryl methyl sites for hydroxylation is 1. The van der Waals surface area contributed by atoms with E-state index >= 15 is 0 Å². The molecule has 0 bridgehead atoms. The van der Waals surface area contributed by atoms with Gasteiger partial charge in [0, 0.05) is 22.9 Å². The van der Waals surface area contributed by atoms with E-state index < -0.39 is 0 Å². The van der Waals surface area contributed by atoms with Crippen molar-refractivity contribution in [1.82, 2.24) is 0 Å². The van der Waals surface area contributed by atoms with Crippen molar-refractivity contribution >= 4 is 29.3 Å². The molecule has 0 heterocycles. The summed E-state index contributed by atoms with van der Waals surface area (Å²) in [6, 6.07) is 12.2. The van der Waals surface area contributed by atoms with E-state index in [4.69, 9.17) is 11.6 Å². The summed E-state index contributed by atoms with van der Waals surface area (Å²) in [6.45, 7) is 1.79. The van der Waals surface area contributed by atoms with Crippen LogP contribution in [0.15, 0.2) is 48.5 Å². The van der Waals surface area contributed by atoms with Crippen LogP contribution in [0.4, 0.5) is 5.69 Å². The highest BCUT2D eigenvalue weighted by atomic mass is 35.5. The topological polar surface area (TPSA) is 49.3 Å². The van der Waals surface area contributed by atoms with Gasteiger partial charge in [-0.25, -0.2) is 0 Å². The molecule has 0 saturated heterocycles. The SMILES string of the molecule is Cc1ccc(NC(=O)C=Cc2ccc(Cl)cc2)cc1O. The van der Waals surface area contributed by atoms with Crippen molar-refractivity contribution in [3.63, 3.8) is 0 Å². The molecule has 0 radical (unpaired) electrons. The van der Waals surface area contributed by atoms with E-state index in [2.05, 4.69) is 5.32 Å². The molecule has 2 aromatic carbocycles. The number of amides is 1. The number of carbonyl (C=O) groups excluding carboxylic acids is 1. The maximum atomic E-state index is 11.7. The minimum Gasteiger partial charge on any atom is -0.508 e. The predicted octanol–water partition coefficient (Wildman–Crippen LogP) is 4.01. The number of anilines is 1. The average molecular weight is 288 g/mol. The second-order valence-corrected chi connectivity index (χ2v) is 4.81. The second kappa shape index (κ2) is 6.26. The van der Waals surface area contributed by atoms with Crippen LogP contribution >= 0.6 is 11.6 Å². The van der Waals surface area contributed by atoms with Crippen molar-refractivity contribution in [2.24, 2.45) is 0 Å². The summed E-state index contributed by atoms with van der Waals surface area (Å²) < 4.78 is 0. The zero-order valence-corrected chi connectivity index (χ0v) is 11.7. The average Bonchev–Trinajstić information content (AvgIpc) is 2.42. The van der Waals surface area contributed by atoms with Crippen LogP contribution in [0.2, 0.25) is 5.02 Å². The van der Waals surface area contributed by atoms with Crippen molar-refractivity contribution < 1.29 is 9.90 Å². The number of phenols is 1. The van der Waals surface area contributed by atoms with Crippen LogP contribution in [0.3, 0.4) is 0 Å². The fourth-order valence-corrected chi connectivity index (χ4v) is 1.74. The summed E-state index contributed by atoms with van der Waals surface area (Å²) in [5, 5.41) is 12.9. The van der Waals surface area contributed by atoms with E-state index in [9.17, 15) is 9.90 Å². The first-order valence-corrected chi connectivity index (χ1v) is 6.46. The van der Waals surface area contributed by atoms with Crippen molar-refractivity contribution in [3.8, 4) is 5.75 Å². The first kappa shape index (κ1) is 14.2. The van der Waals surface area contributed by atoms with Gasteiger partial charge < -0.3 is 10.4 Å². The van der Waals surface area contributed by atoms with Crippen LogP contribution in [0.1, 0.15) is 11.1 Å². The Morgan fingerprint density at radius 1 is 1.20 bits per heavy atom. The number of benzene rings is 2. The molecule has 2 N–H and O–H groups in total. The van der Waals surface area contributed by atoms with Crippen molar-refractivity contribution in [2.45, 2.75) is 6.92 Å². The largest absolute Gasteiger partial charge is 0.508 e. The molecule has 0 spiro atoms.